The van der Waals surface area contributed by atoms with Gasteiger partial charge in [-0.05, 0) is 49.6 Å². The number of aromatic nitrogens is 4. The van der Waals surface area contributed by atoms with Crippen molar-refractivity contribution in [3.8, 4) is 5.82 Å². The molecule has 2 saturated carbocycles. The Bertz CT molecular complexity index is 1660. The number of fused-ring (bicyclic) bond motifs is 1. The van der Waals surface area contributed by atoms with E-state index in [1.54, 1.807) is 24.7 Å². The van der Waals surface area contributed by atoms with Crippen LogP contribution in [0.4, 0.5) is 11.6 Å². The highest BCUT2D eigenvalue weighted by atomic mass is 16.6. The monoisotopic (exact) mass is 508 g/mol. The molecule has 2 aliphatic carbocycles. The number of Topliss-reactive ketones (excluding diaryl/α,β-unsaturated/α-hetero) is 1. The van der Waals surface area contributed by atoms with Gasteiger partial charge in [0.15, 0.2) is 0 Å². The van der Waals surface area contributed by atoms with Crippen LogP contribution in [0.25, 0.3) is 22.4 Å². The molecule has 4 aromatic rings. The largest absolute Gasteiger partial charge is 0.505 e. The van der Waals surface area contributed by atoms with E-state index in [1.807, 2.05) is 35.8 Å². The average Bonchev–Trinajstić information content (AvgIpc) is 3.66. The number of hydrogen-bond acceptors (Lipinski definition) is 7. The minimum atomic E-state index is -0.961. The van der Waals surface area contributed by atoms with Crippen LogP contribution in [0.1, 0.15) is 49.8 Å². The zero-order valence-corrected chi connectivity index (χ0v) is 20.6. The van der Waals surface area contributed by atoms with E-state index in [4.69, 9.17) is 0 Å². The molecule has 11 heteroatoms. The van der Waals surface area contributed by atoms with E-state index < -0.39 is 16.0 Å². The Morgan fingerprint density at radius 1 is 1.24 bits per heavy atom. The molecule has 0 radical (unpaired) electrons. The van der Waals surface area contributed by atoms with Gasteiger partial charge in [0.2, 0.25) is 17.0 Å². The SMILES string of the molecule is C[C@H](Nc1nccc(-n2cnc3cc(C45CC6CCCC6(C4=O)[N+]5=[N-])ccc32)n1)c1cccc([N+](=O)[O-])c1. The Hall–Kier alpha value is -4.54. The van der Waals surface area contributed by atoms with Gasteiger partial charge in [-0.25, -0.2) is 9.97 Å². The van der Waals surface area contributed by atoms with Gasteiger partial charge in [-0.2, -0.15) is 4.98 Å². The summed E-state index contributed by atoms with van der Waals surface area (Å²) in [5.74, 6) is 1.32. The molecule has 2 aromatic carbocycles. The first-order valence-electron chi connectivity index (χ1n) is 12.7. The predicted molar refractivity (Wildman–Crippen MR) is 137 cm³/mol. The summed E-state index contributed by atoms with van der Waals surface area (Å²) in [6.07, 6.45) is 6.65. The summed E-state index contributed by atoms with van der Waals surface area (Å²) < 4.78 is 3.18. The van der Waals surface area contributed by atoms with E-state index in [-0.39, 0.29) is 23.4 Å². The molecule has 2 bridgehead atoms. The van der Waals surface area contributed by atoms with Crippen molar-refractivity contribution in [1.82, 2.24) is 19.5 Å². The van der Waals surface area contributed by atoms with Crippen LogP contribution in [-0.2, 0) is 10.3 Å². The lowest BCUT2D eigenvalue weighted by Gasteiger charge is -2.44. The topological polar surface area (TPSA) is 141 Å². The van der Waals surface area contributed by atoms with Gasteiger partial charge in [0.25, 0.3) is 11.5 Å². The number of nitro benzene ring substituents is 1. The van der Waals surface area contributed by atoms with Crippen LogP contribution in [0.15, 0.2) is 61.1 Å². The Morgan fingerprint density at radius 2 is 2.11 bits per heavy atom. The molecular formula is C27H24N8O3. The number of carbonyl (C=O) groups is 1. The van der Waals surface area contributed by atoms with Gasteiger partial charge in [-0.1, -0.05) is 12.1 Å². The Morgan fingerprint density at radius 3 is 2.89 bits per heavy atom. The Kier molecular flexibility index (Phi) is 4.61. The quantitative estimate of drug-likeness (QED) is 0.227. The first-order chi connectivity index (χ1) is 18.3. The molecule has 1 spiro atoms. The van der Waals surface area contributed by atoms with Crippen molar-refractivity contribution in [1.29, 1.82) is 0 Å². The predicted octanol–water partition coefficient (Wildman–Crippen LogP) is 4.65. The molecule has 4 aliphatic rings. The maximum absolute atomic E-state index is 13.3. The summed E-state index contributed by atoms with van der Waals surface area (Å²) >= 11 is 0. The molecule has 190 valence electrons. The van der Waals surface area contributed by atoms with Gasteiger partial charge in [0.05, 0.1) is 22.0 Å². The van der Waals surface area contributed by atoms with Crippen LogP contribution in [0.5, 0.6) is 0 Å². The number of rotatable bonds is 6. The number of nitro groups is 1. The van der Waals surface area contributed by atoms with E-state index in [9.17, 15) is 20.4 Å². The van der Waals surface area contributed by atoms with Crippen LogP contribution < -0.4 is 5.32 Å². The summed E-state index contributed by atoms with van der Waals surface area (Å²) in [6.45, 7) is 1.89. The number of nitrogens with one attached hydrogen (secondary N) is 1. The number of benzene rings is 2. The van der Waals surface area contributed by atoms with Crippen molar-refractivity contribution in [2.24, 2.45) is 5.92 Å². The number of anilines is 1. The van der Waals surface area contributed by atoms with Crippen LogP contribution >= 0.6 is 0 Å². The molecule has 11 nitrogen and oxygen atoms in total. The van der Waals surface area contributed by atoms with Gasteiger partial charge in [-0.3, -0.25) is 24.2 Å². The maximum atomic E-state index is 13.3. The third kappa shape index (κ3) is 2.84. The number of hydrogen-bond donors (Lipinski definition) is 1. The lowest BCUT2D eigenvalue weighted by Crippen LogP contribution is -2.68. The van der Waals surface area contributed by atoms with E-state index in [1.165, 1.54) is 16.8 Å². The van der Waals surface area contributed by atoms with Gasteiger partial charge in [0, 0.05) is 42.7 Å². The number of imidazole rings is 1. The molecular weight excluding hydrogens is 484 g/mol. The summed E-state index contributed by atoms with van der Waals surface area (Å²) in [5.41, 5.74) is 12.4. The minimum absolute atomic E-state index is 0.0264. The number of ketones is 1. The molecule has 0 amide bonds. The van der Waals surface area contributed by atoms with Crippen LogP contribution in [-0.4, -0.2) is 40.5 Å². The minimum Gasteiger partial charge on any atom is -0.505 e. The summed E-state index contributed by atoms with van der Waals surface area (Å²) in [6, 6.07) is 13.7. The highest BCUT2D eigenvalue weighted by Crippen LogP contribution is 2.66. The third-order valence-electron chi connectivity index (χ3n) is 8.68. The average molecular weight is 509 g/mol. The van der Waals surface area contributed by atoms with Gasteiger partial charge < -0.3 is 10.8 Å². The van der Waals surface area contributed by atoms with Crippen LogP contribution in [0.3, 0.4) is 0 Å². The Labute approximate surface area is 217 Å². The number of nitrogens with zero attached hydrogens (tertiary/aromatic N) is 7. The fourth-order valence-corrected chi connectivity index (χ4v) is 6.84. The summed E-state index contributed by atoms with van der Waals surface area (Å²) in [4.78, 5) is 37.5. The normalized spacial score (nSPS) is 26.3. The van der Waals surface area contributed by atoms with E-state index in [0.29, 0.717) is 23.7 Å². The fraction of sp³-hybridized carbons (Fsp3) is 0.333. The molecule has 38 heavy (non-hydrogen) atoms. The van der Waals surface area contributed by atoms with Crippen molar-refractivity contribution in [3.63, 3.8) is 0 Å². The molecule has 8 rings (SSSR count). The summed E-state index contributed by atoms with van der Waals surface area (Å²) in [7, 11) is 0. The summed E-state index contributed by atoms with van der Waals surface area (Å²) in [5, 5.41) is 14.3. The molecule has 2 aliphatic heterocycles. The lowest BCUT2D eigenvalue weighted by atomic mass is 9.73. The fourth-order valence-electron chi connectivity index (χ4n) is 6.84. The van der Waals surface area contributed by atoms with Gasteiger partial charge in [-0.15, -0.1) is 0 Å². The van der Waals surface area contributed by atoms with Crippen molar-refractivity contribution in [2.45, 2.75) is 49.7 Å². The highest BCUT2D eigenvalue weighted by Gasteiger charge is 2.84. The number of non-ortho nitro benzene ring substituents is 1. The van der Waals surface area contributed by atoms with Crippen molar-refractivity contribution < 1.29 is 14.4 Å². The first-order valence-corrected chi connectivity index (χ1v) is 12.7. The van der Waals surface area contributed by atoms with E-state index >= 15 is 0 Å². The molecule has 4 atom stereocenters. The molecule has 2 aromatic heterocycles. The Balaban J connectivity index is 1.17. The molecule has 3 unspecified atom stereocenters. The van der Waals surface area contributed by atoms with Crippen molar-refractivity contribution in [2.75, 3.05) is 5.32 Å². The van der Waals surface area contributed by atoms with Gasteiger partial charge >= 0.3 is 0 Å². The lowest BCUT2D eigenvalue weighted by molar-refractivity contribution is -0.695. The highest BCUT2D eigenvalue weighted by molar-refractivity contribution is 6.03. The maximum Gasteiger partial charge on any atom is 0.276 e. The molecule has 4 heterocycles. The second-order valence-electron chi connectivity index (χ2n) is 10.5. The first kappa shape index (κ1) is 22.6. The smallest absolute Gasteiger partial charge is 0.276 e. The second kappa shape index (κ2) is 7.73. The second-order valence-corrected chi connectivity index (χ2v) is 10.5. The van der Waals surface area contributed by atoms with Crippen LogP contribution in [0.2, 0.25) is 0 Å². The van der Waals surface area contributed by atoms with Gasteiger partial charge in [0.1, 0.15) is 12.1 Å². The van der Waals surface area contributed by atoms with Crippen molar-refractivity contribution >= 4 is 28.5 Å². The van der Waals surface area contributed by atoms with E-state index in [0.717, 1.165) is 35.9 Å². The van der Waals surface area contributed by atoms with Crippen LogP contribution in [0, 0.1) is 16.0 Å². The zero-order valence-electron chi connectivity index (χ0n) is 20.6. The molecule has 4 fully saturated rings. The zero-order chi connectivity index (χ0) is 26.2. The standard InChI is InChI=1S/C27H24N8O3/c1-16(17-4-2-6-20(12-17)34(37)38)31-25-29-11-9-23(32-25)33-15-30-21-13-18(7-8-22(21)33)27-14-19-5-3-10-26(19,24(27)36)35(27)28/h2,4,6-9,11-13,15-16,19H,3,5,10,14H2,1H3,(H,29,31,32)/t16-,19?,26?,27?/m0/s1. The van der Waals surface area contributed by atoms with Crippen molar-refractivity contribution in [3.05, 3.63) is 87.8 Å². The number of carbonyl (C=O) groups excluding carboxylic acids is 1. The molecule has 2 saturated heterocycles. The van der Waals surface area contributed by atoms with E-state index in [2.05, 4.69) is 20.3 Å². The third-order valence-corrected chi connectivity index (χ3v) is 8.68. The molecule has 1 N–H and O–H groups in total.